The number of hydrogen-bond acceptors (Lipinski definition) is 3. The Kier molecular flexibility index (Phi) is 7.65. The average molecular weight is 349 g/mol. The lowest BCUT2D eigenvalue weighted by Gasteiger charge is -2.40. The Bertz CT molecular complexity index is 535. The van der Waals surface area contributed by atoms with Crippen LogP contribution >= 0.6 is 0 Å². The first-order chi connectivity index (χ1) is 12.0. The largest absolute Gasteiger partial charge is 0.355 e. The third-order valence-corrected chi connectivity index (χ3v) is 4.85. The molecular formula is C19H32FN5. The molecule has 1 aromatic rings. The number of halogens is 1. The minimum atomic E-state index is -0.210. The molecule has 6 heteroatoms. The van der Waals surface area contributed by atoms with Gasteiger partial charge in [-0.15, -0.1) is 0 Å². The normalized spacial score (nSPS) is 18.4. The fourth-order valence-electron chi connectivity index (χ4n) is 3.15. The second-order valence-electron chi connectivity index (χ2n) is 7.08. The molecule has 0 aliphatic carbocycles. The lowest BCUT2D eigenvalue weighted by atomic mass is 10.0. The maximum atomic E-state index is 13.0. The molecule has 1 aromatic carbocycles. The van der Waals surface area contributed by atoms with E-state index in [1.165, 1.54) is 12.1 Å². The van der Waals surface area contributed by atoms with Gasteiger partial charge in [0.2, 0.25) is 0 Å². The molecule has 1 aliphatic rings. The van der Waals surface area contributed by atoms with Crippen molar-refractivity contribution in [2.24, 2.45) is 10.9 Å². The number of benzene rings is 1. The smallest absolute Gasteiger partial charge is 0.191 e. The van der Waals surface area contributed by atoms with Crippen molar-refractivity contribution in [3.63, 3.8) is 0 Å². The molecule has 0 aromatic heterocycles. The van der Waals surface area contributed by atoms with E-state index < -0.39 is 0 Å². The molecule has 2 N–H and O–H groups in total. The van der Waals surface area contributed by atoms with Crippen molar-refractivity contribution in [2.45, 2.75) is 26.4 Å². The van der Waals surface area contributed by atoms with E-state index in [1.54, 1.807) is 19.2 Å². The summed E-state index contributed by atoms with van der Waals surface area (Å²) in [5.41, 5.74) is 1.03. The first-order valence-electron chi connectivity index (χ1n) is 9.11. The monoisotopic (exact) mass is 349 g/mol. The van der Waals surface area contributed by atoms with Crippen LogP contribution in [-0.2, 0) is 6.54 Å². The number of guanidine groups is 1. The molecule has 0 bridgehead atoms. The molecule has 0 saturated carbocycles. The SMILES string of the molecule is CN=C(NCc1ccc(F)cc1)NCC(C(C)C)N1CCN(C)CC1. The molecule has 0 radical (unpaired) electrons. The zero-order valence-corrected chi connectivity index (χ0v) is 15.9. The summed E-state index contributed by atoms with van der Waals surface area (Å²) < 4.78 is 13.0. The number of nitrogens with one attached hydrogen (secondary N) is 2. The number of nitrogens with zero attached hydrogens (tertiary/aromatic N) is 3. The maximum Gasteiger partial charge on any atom is 0.191 e. The summed E-state index contributed by atoms with van der Waals surface area (Å²) in [6, 6.07) is 7.02. The predicted octanol–water partition coefficient (Wildman–Crippen LogP) is 1.76. The second-order valence-corrected chi connectivity index (χ2v) is 7.08. The lowest BCUT2D eigenvalue weighted by molar-refractivity contribution is 0.0900. The molecule has 1 aliphatic heterocycles. The molecule has 140 valence electrons. The number of aliphatic imine (C=N–C) groups is 1. The van der Waals surface area contributed by atoms with Gasteiger partial charge in [0.15, 0.2) is 5.96 Å². The van der Waals surface area contributed by atoms with E-state index in [-0.39, 0.29) is 5.82 Å². The van der Waals surface area contributed by atoms with Gasteiger partial charge in [-0.05, 0) is 30.7 Å². The van der Waals surface area contributed by atoms with Gasteiger partial charge in [0.25, 0.3) is 0 Å². The summed E-state index contributed by atoms with van der Waals surface area (Å²) in [5, 5.41) is 6.75. The molecule has 1 unspecified atom stereocenters. The average Bonchev–Trinajstić information content (AvgIpc) is 2.60. The summed E-state index contributed by atoms with van der Waals surface area (Å²) in [7, 11) is 3.96. The fraction of sp³-hybridized carbons (Fsp3) is 0.632. The Morgan fingerprint density at radius 3 is 2.32 bits per heavy atom. The van der Waals surface area contributed by atoms with Crippen LogP contribution in [0.15, 0.2) is 29.3 Å². The van der Waals surface area contributed by atoms with Gasteiger partial charge in [0.1, 0.15) is 5.82 Å². The van der Waals surface area contributed by atoms with E-state index in [1.807, 2.05) is 0 Å². The Hall–Kier alpha value is -1.66. The van der Waals surface area contributed by atoms with E-state index >= 15 is 0 Å². The van der Waals surface area contributed by atoms with Gasteiger partial charge in [-0.3, -0.25) is 9.89 Å². The fourth-order valence-corrected chi connectivity index (χ4v) is 3.15. The van der Waals surface area contributed by atoms with Crippen LogP contribution in [0.5, 0.6) is 0 Å². The van der Waals surface area contributed by atoms with Crippen LogP contribution in [0.25, 0.3) is 0 Å². The van der Waals surface area contributed by atoms with Crippen LogP contribution in [0, 0.1) is 11.7 Å². The standard InChI is InChI=1S/C19H32FN5/c1-15(2)18(25-11-9-24(4)10-12-25)14-23-19(21-3)22-13-16-5-7-17(20)8-6-16/h5-8,15,18H,9-14H2,1-4H3,(H2,21,22,23). The van der Waals surface area contributed by atoms with E-state index in [4.69, 9.17) is 0 Å². The minimum absolute atomic E-state index is 0.210. The van der Waals surface area contributed by atoms with Crippen molar-refractivity contribution in [2.75, 3.05) is 46.8 Å². The zero-order valence-electron chi connectivity index (χ0n) is 15.9. The van der Waals surface area contributed by atoms with E-state index in [0.717, 1.165) is 44.2 Å². The quantitative estimate of drug-likeness (QED) is 0.607. The summed E-state index contributed by atoms with van der Waals surface area (Å²) in [6.07, 6.45) is 0. The first kappa shape index (κ1) is 19.7. The summed E-state index contributed by atoms with van der Waals surface area (Å²) in [4.78, 5) is 9.26. The van der Waals surface area contributed by atoms with E-state index in [2.05, 4.69) is 46.3 Å². The van der Waals surface area contributed by atoms with Crippen LogP contribution in [0.3, 0.4) is 0 Å². The van der Waals surface area contributed by atoms with Gasteiger partial charge >= 0.3 is 0 Å². The van der Waals surface area contributed by atoms with Gasteiger partial charge in [0.05, 0.1) is 0 Å². The highest BCUT2D eigenvalue weighted by atomic mass is 19.1. The highest BCUT2D eigenvalue weighted by Gasteiger charge is 2.24. The maximum absolute atomic E-state index is 13.0. The topological polar surface area (TPSA) is 42.9 Å². The van der Waals surface area contributed by atoms with E-state index in [0.29, 0.717) is 18.5 Å². The first-order valence-corrected chi connectivity index (χ1v) is 9.11. The number of piperazine rings is 1. The van der Waals surface area contributed by atoms with Crippen LogP contribution in [0.1, 0.15) is 19.4 Å². The molecule has 0 spiro atoms. The van der Waals surface area contributed by atoms with Crippen molar-refractivity contribution in [1.29, 1.82) is 0 Å². The van der Waals surface area contributed by atoms with Crippen molar-refractivity contribution in [3.05, 3.63) is 35.6 Å². The molecule has 1 heterocycles. The van der Waals surface area contributed by atoms with Gasteiger partial charge in [-0.25, -0.2) is 4.39 Å². The van der Waals surface area contributed by atoms with Gasteiger partial charge in [0, 0.05) is 52.4 Å². The van der Waals surface area contributed by atoms with Crippen molar-refractivity contribution in [3.8, 4) is 0 Å². The van der Waals surface area contributed by atoms with Crippen LogP contribution < -0.4 is 10.6 Å². The molecular weight excluding hydrogens is 317 g/mol. The predicted molar refractivity (Wildman–Crippen MR) is 102 cm³/mol. The van der Waals surface area contributed by atoms with Gasteiger partial charge in [-0.1, -0.05) is 26.0 Å². The minimum Gasteiger partial charge on any atom is -0.355 e. The Labute approximate surface area is 151 Å². The van der Waals surface area contributed by atoms with Crippen LogP contribution in [-0.4, -0.2) is 68.6 Å². The van der Waals surface area contributed by atoms with Crippen molar-refractivity contribution >= 4 is 5.96 Å². The zero-order chi connectivity index (χ0) is 18.2. The number of rotatable bonds is 6. The highest BCUT2D eigenvalue weighted by molar-refractivity contribution is 5.79. The third kappa shape index (κ3) is 6.29. The number of likely N-dealkylation sites (N-methyl/N-ethyl adjacent to an activating group) is 1. The molecule has 1 atom stereocenters. The van der Waals surface area contributed by atoms with Gasteiger partial charge in [-0.2, -0.15) is 0 Å². The number of hydrogen-bond donors (Lipinski definition) is 2. The van der Waals surface area contributed by atoms with Crippen LogP contribution in [0.4, 0.5) is 4.39 Å². The van der Waals surface area contributed by atoms with E-state index in [9.17, 15) is 4.39 Å². The Morgan fingerprint density at radius 1 is 1.12 bits per heavy atom. The lowest BCUT2D eigenvalue weighted by Crippen LogP contribution is -2.55. The van der Waals surface area contributed by atoms with Crippen molar-refractivity contribution < 1.29 is 4.39 Å². The molecule has 1 fully saturated rings. The second kappa shape index (κ2) is 9.73. The molecule has 1 saturated heterocycles. The van der Waals surface area contributed by atoms with Crippen molar-refractivity contribution in [1.82, 2.24) is 20.4 Å². The Balaban J connectivity index is 1.83. The van der Waals surface area contributed by atoms with Gasteiger partial charge < -0.3 is 15.5 Å². The molecule has 25 heavy (non-hydrogen) atoms. The highest BCUT2D eigenvalue weighted by Crippen LogP contribution is 2.12. The summed E-state index contributed by atoms with van der Waals surface area (Å²) >= 11 is 0. The molecule has 0 amide bonds. The summed E-state index contributed by atoms with van der Waals surface area (Å²) in [6.45, 7) is 10.5. The molecule has 2 rings (SSSR count). The van der Waals surface area contributed by atoms with Crippen LogP contribution in [0.2, 0.25) is 0 Å². The summed E-state index contributed by atoms with van der Waals surface area (Å²) in [5.74, 6) is 1.15. The molecule has 5 nitrogen and oxygen atoms in total. The third-order valence-electron chi connectivity index (χ3n) is 4.85. The Morgan fingerprint density at radius 2 is 1.76 bits per heavy atom.